The molecule has 4 N–H and O–H groups in total. The minimum atomic E-state index is -4.27. The smallest absolute Gasteiger partial charge is 0.268 e. The van der Waals surface area contributed by atoms with Crippen LogP contribution in [0.4, 0.5) is 11.6 Å². The van der Waals surface area contributed by atoms with E-state index >= 15 is 0 Å². The fourth-order valence-electron chi connectivity index (χ4n) is 4.66. The van der Waals surface area contributed by atoms with Crippen molar-refractivity contribution in [3.05, 3.63) is 54.4 Å². The number of carbonyl (C=O) groups is 1. The van der Waals surface area contributed by atoms with Crippen LogP contribution in [0, 0.1) is 5.92 Å². The second-order valence-electron chi connectivity index (χ2n) is 10.1. The normalized spacial score (nSPS) is 17.7. The number of anilines is 2. The van der Waals surface area contributed by atoms with Gasteiger partial charge in [0.1, 0.15) is 22.6 Å². The second kappa shape index (κ2) is 10.5. The molecule has 0 radical (unpaired) electrons. The van der Waals surface area contributed by atoms with Crippen LogP contribution in [-0.4, -0.2) is 59.2 Å². The van der Waals surface area contributed by atoms with Crippen molar-refractivity contribution in [3.63, 3.8) is 0 Å². The van der Waals surface area contributed by atoms with E-state index in [-0.39, 0.29) is 28.4 Å². The molecule has 2 atom stereocenters. The summed E-state index contributed by atoms with van der Waals surface area (Å²) in [6.45, 7) is 8.50. The zero-order valence-electron chi connectivity index (χ0n) is 21.7. The Morgan fingerprint density at radius 1 is 1.26 bits per heavy atom. The first-order valence-corrected chi connectivity index (χ1v) is 13.7. The number of nitrogens with one attached hydrogen (secondary N) is 1. The van der Waals surface area contributed by atoms with Gasteiger partial charge in [-0.3, -0.25) is 4.79 Å². The molecule has 0 aromatic carbocycles. The van der Waals surface area contributed by atoms with Crippen LogP contribution in [0.3, 0.4) is 0 Å². The van der Waals surface area contributed by atoms with Crippen LogP contribution in [0.1, 0.15) is 44.5 Å². The third-order valence-electron chi connectivity index (χ3n) is 6.38. The lowest BCUT2D eigenvalue weighted by Crippen LogP contribution is -2.41. The van der Waals surface area contributed by atoms with Crippen molar-refractivity contribution >= 4 is 27.6 Å². The Kier molecular flexibility index (Phi) is 7.56. The van der Waals surface area contributed by atoms with Crippen LogP contribution in [0.2, 0.25) is 0 Å². The topological polar surface area (TPSA) is 161 Å². The molecule has 1 aliphatic rings. The molecule has 1 amide bonds. The van der Waals surface area contributed by atoms with Crippen LogP contribution in [0.15, 0.2) is 53.7 Å². The summed E-state index contributed by atoms with van der Waals surface area (Å²) >= 11 is 0. The average molecular weight is 541 g/mol. The number of rotatable bonds is 8. The molecule has 3 aromatic rings. The van der Waals surface area contributed by atoms with E-state index in [1.54, 1.807) is 37.4 Å². The van der Waals surface area contributed by atoms with Gasteiger partial charge in [-0.1, -0.05) is 6.92 Å². The number of pyridine rings is 3. The standard InChI is InChI=1S/C26H32N6O5S/c1-16-12-26(3,4)32(14-16)24-19(25(34)31-38(35,36)21-6-5-11-28-23(21)27)8-9-20(30-24)18-7-10-22(29-13-18)37-17(2)15-33/h5-11,13,16-17,33H,12,14-15H2,1-4H3,(H2,27,28)(H,31,34)/t16-,17?/m0/s1. The van der Waals surface area contributed by atoms with Gasteiger partial charge in [-0.25, -0.2) is 28.1 Å². The number of nitrogens with zero attached hydrogens (tertiary/aromatic N) is 4. The summed E-state index contributed by atoms with van der Waals surface area (Å²) in [6.07, 6.45) is 3.45. The summed E-state index contributed by atoms with van der Waals surface area (Å²) in [6, 6.07) is 9.38. The first-order chi connectivity index (χ1) is 17.9. The number of aromatic nitrogens is 3. The SMILES string of the molecule is CC(CO)Oc1ccc(-c2ccc(C(=O)NS(=O)(=O)c3cccnc3N)c(N3C[C@@H](C)CC3(C)C)n2)cn1. The molecular weight excluding hydrogens is 508 g/mol. The first kappa shape index (κ1) is 27.3. The van der Waals surface area contributed by atoms with Gasteiger partial charge < -0.3 is 20.5 Å². The highest BCUT2D eigenvalue weighted by atomic mass is 32.2. The van der Waals surface area contributed by atoms with Crippen LogP contribution >= 0.6 is 0 Å². The van der Waals surface area contributed by atoms with Gasteiger partial charge >= 0.3 is 0 Å². The minimum Gasteiger partial charge on any atom is -0.472 e. The number of aliphatic hydroxyl groups is 1. The number of hydrogen-bond acceptors (Lipinski definition) is 10. The fraction of sp³-hybridized carbons (Fsp3) is 0.385. The van der Waals surface area contributed by atoms with Gasteiger partial charge in [0.2, 0.25) is 5.88 Å². The van der Waals surface area contributed by atoms with Gasteiger partial charge in [-0.05, 0) is 63.4 Å². The number of nitrogens with two attached hydrogens (primary N) is 1. The molecule has 12 heteroatoms. The van der Waals surface area contributed by atoms with Crippen molar-refractivity contribution in [2.24, 2.45) is 5.92 Å². The van der Waals surface area contributed by atoms with Crippen molar-refractivity contribution < 1.29 is 23.1 Å². The number of aliphatic hydroxyl groups excluding tert-OH is 1. The van der Waals surface area contributed by atoms with E-state index < -0.39 is 22.0 Å². The van der Waals surface area contributed by atoms with Gasteiger partial charge in [0.25, 0.3) is 15.9 Å². The van der Waals surface area contributed by atoms with Crippen molar-refractivity contribution in [3.8, 4) is 17.1 Å². The molecule has 3 aromatic heterocycles. The molecule has 38 heavy (non-hydrogen) atoms. The molecule has 1 unspecified atom stereocenters. The highest BCUT2D eigenvalue weighted by Gasteiger charge is 2.39. The number of carbonyl (C=O) groups excluding carboxylic acids is 1. The van der Waals surface area contributed by atoms with Gasteiger partial charge in [0.05, 0.1) is 17.9 Å². The molecule has 0 saturated carbocycles. The fourth-order valence-corrected chi connectivity index (χ4v) is 5.71. The van der Waals surface area contributed by atoms with Crippen molar-refractivity contribution in [2.45, 2.75) is 50.7 Å². The van der Waals surface area contributed by atoms with Gasteiger partial charge in [0, 0.05) is 36.1 Å². The Hall–Kier alpha value is -3.77. The van der Waals surface area contributed by atoms with Crippen LogP contribution in [-0.2, 0) is 10.0 Å². The lowest BCUT2D eigenvalue weighted by Gasteiger charge is -2.34. The predicted octanol–water partition coefficient (Wildman–Crippen LogP) is 2.62. The molecule has 11 nitrogen and oxygen atoms in total. The summed E-state index contributed by atoms with van der Waals surface area (Å²) < 4.78 is 33.5. The zero-order valence-corrected chi connectivity index (χ0v) is 22.6. The van der Waals surface area contributed by atoms with E-state index in [9.17, 15) is 18.3 Å². The lowest BCUT2D eigenvalue weighted by molar-refractivity contribution is 0.0981. The summed E-state index contributed by atoms with van der Waals surface area (Å²) in [5, 5.41) is 9.20. The Bertz CT molecular complexity index is 1430. The third kappa shape index (κ3) is 5.70. The molecule has 0 bridgehead atoms. The monoisotopic (exact) mass is 540 g/mol. The summed E-state index contributed by atoms with van der Waals surface area (Å²) in [4.78, 5) is 28.0. The molecule has 4 heterocycles. The number of amides is 1. The highest BCUT2D eigenvalue weighted by Crippen LogP contribution is 2.38. The molecule has 1 fully saturated rings. The Balaban J connectivity index is 1.72. The van der Waals surface area contributed by atoms with E-state index in [4.69, 9.17) is 15.5 Å². The van der Waals surface area contributed by atoms with Gasteiger partial charge in [-0.2, -0.15) is 0 Å². The third-order valence-corrected chi connectivity index (χ3v) is 7.75. The van der Waals surface area contributed by atoms with Crippen molar-refractivity contribution in [1.82, 2.24) is 19.7 Å². The maximum Gasteiger partial charge on any atom is 0.268 e. The Morgan fingerprint density at radius 2 is 2.03 bits per heavy atom. The highest BCUT2D eigenvalue weighted by molar-refractivity contribution is 7.90. The molecule has 202 valence electrons. The zero-order chi connectivity index (χ0) is 27.7. The number of ether oxygens (including phenoxy) is 1. The van der Waals surface area contributed by atoms with Gasteiger partial charge in [0.15, 0.2) is 0 Å². The van der Waals surface area contributed by atoms with Crippen LogP contribution in [0.5, 0.6) is 5.88 Å². The van der Waals surface area contributed by atoms with E-state index in [0.717, 1.165) is 6.42 Å². The number of hydrogen-bond donors (Lipinski definition) is 3. The molecule has 1 aliphatic heterocycles. The average Bonchev–Trinajstić information content (AvgIpc) is 3.15. The molecule has 4 rings (SSSR count). The summed E-state index contributed by atoms with van der Waals surface area (Å²) in [7, 11) is -4.27. The predicted molar refractivity (Wildman–Crippen MR) is 143 cm³/mol. The van der Waals surface area contributed by atoms with E-state index in [0.29, 0.717) is 35.4 Å². The Labute approximate surface area is 222 Å². The number of sulfonamides is 1. The lowest BCUT2D eigenvalue weighted by atomic mass is 9.97. The summed E-state index contributed by atoms with van der Waals surface area (Å²) in [5.41, 5.74) is 6.78. The van der Waals surface area contributed by atoms with Gasteiger partial charge in [-0.15, -0.1) is 0 Å². The second-order valence-corrected chi connectivity index (χ2v) is 11.8. The van der Waals surface area contributed by atoms with E-state index in [1.165, 1.54) is 18.3 Å². The molecule has 1 saturated heterocycles. The summed E-state index contributed by atoms with van der Waals surface area (Å²) in [5.74, 6) is 0.0533. The Morgan fingerprint density at radius 3 is 2.63 bits per heavy atom. The van der Waals surface area contributed by atoms with Crippen LogP contribution in [0.25, 0.3) is 11.3 Å². The molecular formula is C26H32N6O5S. The van der Waals surface area contributed by atoms with Crippen molar-refractivity contribution in [1.29, 1.82) is 0 Å². The largest absolute Gasteiger partial charge is 0.472 e. The van der Waals surface area contributed by atoms with E-state index in [2.05, 4.69) is 35.5 Å². The maximum absolute atomic E-state index is 13.4. The quantitative estimate of drug-likeness (QED) is 0.387. The molecule has 0 spiro atoms. The maximum atomic E-state index is 13.4. The number of nitrogen functional groups attached to an aromatic ring is 1. The minimum absolute atomic E-state index is 0.117. The van der Waals surface area contributed by atoms with Crippen LogP contribution < -0.4 is 20.1 Å². The molecule has 0 aliphatic carbocycles. The van der Waals surface area contributed by atoms with E-state index in [1.807, 2.05) is 4.90 Å². The first-order valence-electron chi connectivity index (χ1n) is 12.2. The van der Waals surface area contributed by atoms with Crippen molar-refractivity contribution in [2.75, 3.05) is 23.8 Å².